The predicted molar refractivity (Wildman–Crippen MR) is 65.1 cm³/mol. The fourth-order valence-corrected chi connectivity index (χ4v) is 2.70. The summed E-state index contributed by atoms with van der Waals surface area (Å²) in [5.74, 6) is -2.15. The third-order valence-corrected chi connectivity index (χ3v) is 3.76. The van der Waals surface area contributed by atoms with E-state index in [4.69, 9.17) is 10.8 Å². The van der Waals surface area contributed by atoms with Crippen LogP contribution in [0.2, 0.25) is 0 Å². The quantitative estimate of drug-likeness (QED) is 0.800. The van der Waals surface area contributed by atoms with Gasteiger partial charge >= 0.3 is 5.97 Å². The Kier molecular flexibility index (Phi) is 2.66. The SMILES string of the molecule is Cc1c(C(=O)O)sc2nc(C(N)=O)n(C)c(=O)c12. The molecular weight excluding hydrogens is 258 g/mol. The van der Waals surface area contributed by atoms with Crippen molar-refractivity contribution in [2.24, 2.45) is 12.8 Å². The van der Waals surface area contributed by atoms with Crippen LogP contribution in [-0.4, -0.2) is 26.5 Å². The lowest BCUT2D eigenvalue weighted by Gasteiger charge is -2.03. The normalized spacial score (nSPS) is 10.8. The highest BCUT2D eigenvalue weighted by Crippen LogP contribution is 2.27. The molecule has 0 atom stereocenters. The van der Waals surface area contributed by atoms with Gasteiger partial charge in [0.15, 0.2) is 0 Å². The number of carbonyl (C=O) groups is 2. The zero-order chi connectivity index (χ0) is 13.6. The van der Waals surface area contributed by atoms with E-state index in [1.165, 1.54) is 14.0 Å². The third-order valence-electron chi connectivity index (χ3n) is 2.59. The molecule has 94 valence electrons. The van der Waals surface area contributed by atoms with Crippen LogP contribution in [0.1, 0.15) is 25.9 Å². The van der Waals surface area contributed by atoms with Crippen LogP contribution in [0.25, 0.3) is 10.2 Å². The second kappa shape index (κ2) is 3.91. The molecule has 2 aromatic rings. The van der Waals surface area contributed by atoms with E-state index >= 15 is 0 Å². The molecule has 2 rings (SSSR count). The molecule has 18 heavy (non-hydrogen) atoms. The summed E-state index contributed by atoms with van der Waals surface area (Å²) in [5.41, 5.74) is 4.98. The number of hydrogen-bond donors (Lipinski definition) is 2. The number of nitrogens with zero attached hydrogens (tertiary/aromatic N) is 2. The summed E-state index contributed by atoms with van der Waals surface area (Å²) in [6, 6.07) is 0. The van der Waals surface area contributed by atoms with Crippen molar-refractivity contribution in [3.8, 4) is 0 Å². The Morgan fingerprint density at radius 1 is 1.44 bits per heavy atom. The molecule has 0 saturated heterocycles. The van der Waals surface area contributed by atoms with Crippen molar-refractivity contribution in [1.82, 2.24) is 9.55 Å². The molecule has 2 heterocycles. The van der Waals surface area contributed by atoms with Gasteiger partial charge in [-0.1, -0.05) is 0 Å². The van der Waals surface area contributed by atoms with Crippen molar-refractivity contribution in [3.63, 3.8) is 0 Å². The van der Waals surface area contributed by atoms with Gasteiger partial charge in [-0.25, -0.2) is 9.78 Å². The van der Waals surface area contributed by atoms with Gasteiger partial charge in [0.1, 0.15) is 9.71 Å². The first kappa shape index (κ1) is 12.2. The summed E-state index contributed by atoms with van der Waals surface area (Å²) in [4.78, 5) is 38.4. The van der Waals surface area contributed by atoms with Crippen LogP contribution in [-0.2, 0) is 7.05 Å². The summed E-state index contributed by atoms with van der Waals surface area (Å²) >= 11 is 0.855. The van der Waals surface area contributed by atoms with Crippen molar-refractivity contribution in [2.75, 3.05) is 0 Å². The van der Waals surface area contributed by atoms with Crippen molar-refractivity contribution >= 4 is 33.4 Å². The molecule has 3 N–H and O–H groups in total. The first-order valence-electron chi connectivity index (χ1n) is 4.87. The van der Waals surface area contributed by atoms with E-state index < -0.39 is 17.4 Å². The van der Waals surface area contributed by atoms with Gasteiger partial charge < -0.3 is 10.8 Å². The van der Waals surface area contributed by atoms with Crippen molar-refractivity contribution < 1.29 is 14.7 Å². The number of amides is 1. The lowest BCUT2D eigenvalue weighted by molar-refractivity contribution is 0.0701. The van der Waals surface area contributed by atoms with Gasteiger partial charge in [-0.15, -0.1) is 11.3 Å². The van der Waals surface area contributed by atoms with Gasteiger partial charge in [-0.2, -0.15) is 0 Å². The second-order valence-electron chi connectivity index (χ2n) is 3.71. The number of nitrogens with two attached hydrogens (primary N) is 1. The zero-order valence-corrected chi connectivity index (χ0v) is 10.4. The first-order valence-corrected chi connectivity index (χ1v) is 5.69. The lowest BCUT2D eigenvalue weighted by atomic mass is 10.2. The largest absolute Gasteiger partial charge is 0.477 e. The number of aromatic nitrogens is 2. The maximum Gasteiger partial charge on any atom is 0.346 e. The summed E-state index contributed by atoms with van der Waals surface area (Å²) in [6.45, 7) is 1.54. The van der Waals surface area contributed by atoms with E-state index in [1.54, 1.807) is 0 Å². The number of thiophene rings is 1. The molecule has 0 aliphatic heterocycles. The average molecular weight is 267 g/mol. The highest BCUT2D eigenvalue weighted by Gasteiger charge is 2.21. The number of primary amides is 1. The third kappa shape index (κ3) is 1.58. The van der Waals surface area contributed by atoms with Crippen LogP contribution >= 0.6 is 11.3 Å². The molecule has 0 aliphatic rings. The Balaban J connectivity index is 2.97. The van der Waals surface area contributed by atoms with E-state index in [0.29, 0.717) is 5.56 Å². The van der Waals surface area contributed by atoms with Crippen LogP contribution in [0.4, 0.5) is 0 Å². The van der Waals surface area contributed by atoms with Crippen molar-refractivity contribution in [2.45, 2.75) is 6.92 Å². The van der Waals surface area contributed by atoms with Crippen LogP contribution in [0.3, 0.4) is 0 Å². The van der Waals surface area contributed by atoms with Crippen LogP contribution < -0.4 is 11.3 Å². The van der Waals surface area contributed by atoms with E-state index in [0.717, 1.165) is 15.9 Å². The minimum atomic E-state index is -1.13. The Hall–Kier alpha value is -2.22. The van der Waals surface area contributed by atoms with Gasteiger partial charge in [0.2, 0.25) is 5.82 Å². The van der Waals surface area contributed by atoms with Crippen molar-refractivity contribution in [1.29, 1.82) is 0 Å². The molecule has 0 spiro atoms. The number of fused-ring (bicyclic) bond motifs is 1. The number of hydrogen-bond acceptors (Lipinski definition) is 5. The fourth-order valence-electron chi connectivity index (χ4n) is 1.69. The molecule has 0 aliphatic carbocycles. The van der Waals surface area contributed by atoms with Gasteiger partial charge in [-0.05, 0) is 12.5 Å². The predicted octanol–water partition coefficient (Wildman–Crippen LogP) is 0.101. The topological polar surface area (TPSA) is 115 Å². The molecule has 8 heteroatoms. The summed E-state index contributed by atoms with van der Waals surface area (Å²) < 4.78 is 1.02. The molecule has 7 nitrogen and oxygen atoms in total. The Labute approximate surface area is 104 Å². The molecule has 0 unspecified atom stereocenters. The minimum Gasteiger partial charge on any atom is -0.477 e. The summed E-state index contributed by atoms with van der Waals surface area (Å²) in [7, 11) is 1.37. The Morgan fingerprint density at radius 2 is 2.06 bits per heavy atom. The highest BCUT2D eigenvalue weighted by molar-refractivity contribution is 7.20. The average Bonchev–Trinajstić information content (AvgIpc) is 2.61. The van der Waals surface area contributed by atoms with Crippen molar-refractivity contribution in [3.05, 3.63) is 26.6 Å². The zero-order valence-electron chi connectivity index (χ0n) is 9.55. The molecule has 0 radical (unpaired) electrons. The molecule has 0 aromatic carbocycles. The molecule has 2 aromatic heterocycles. The molecule has 0 saturated carbocycles. The minimum absolute atomic E-state index is 0.0382. The molecule has 1 amide bonds. The number of carbonyl (C=O) groups excluding carboxylic acids is 1. The molecule has 0 bridgehead atoms. The van der Waals surface area contributed by atoms with E-state index in [-0.39, 0.29) is 20.9 Å². The number of aromatic carboxylic acids is 1. The molecular formula is C10H9N3O4S. The van der Waals surface area contributed by atoms with Crippen LogP contribution in [0.5, 0.6) is 0 Å². The summed E-state index contributed by atoms with van der Waals surface area (Å²) in [6.07, 6.45) is 0. The highest BCUT2D eigenvalue weighted by atomic mass is 32.1. The fraction of sp³-hybridized carbons (Fsp3) is 0.200. The first-order chi connectivity index (χ1) is 8.34. The number of rotatable bonds is 2. The second-order valence-corrected chi connectivity index (χ2v) is 4.70. The lowest BCUT2D eigenvalue weighted by Crippen LogP contribution is -2.28. The smallest absolute Gasteiger partial charge is 0.346 e. The van der Waals surface area contributed by atoms with Gasteiger partial charge in [0.25, 0.3) is 11.5 Å². The van der Waals surface area contributed by atoms with Crippen LogP contribution in [0, 0.1) is 6.92 Å². The monoisotopic (exact) mass is 267 g/mol. The number of aryl methyl sites for hydroxylation is 1. The Bertz CT molecular complexity index is 744. The number of carboxylic acids is 1. The van der Waals surface area contributed by atoms with Gasteiger partial charge in [0.05, 0.1) is 5.39 Å². The number of carboxylic acid groups (broad SMARTS) is 1. The van der Waals surface area contributed by atoms with E-state index in [9.17, 15) is 14.4 Å². The maximum atomic E-state index is 12.0. The van der Waals surface area contributed by atoms with E-state index in [1.807, 2.05) is 0 Å². The maximum absolute atomic E-state index is 12.0. The summed E-state index contributed by atoms with van der Waals surface area (Å²) in [5, 5.41) is 9.20. The van der Waals surface area contributed by atoms with E-state index in [2.05, 4.69) is 4.98 Å². The van der Waals surface area contributed by atoms with Crippen LogP contribution in [0.15, 0.2) is 4.79 Å². The molecule has 0 fully saturated rings. The standard InChI is InChI=1S/C10H9N3O4S/c1-3-4-8(18-5(3)10(16)17)12-7(6(11)14)13(2)9(4)15/h1-2H3,(H2,11,14)(H,16,17). The Morgan fingerprint density at radius 3 is 2.56 bits per heavy atom. The van der Waals surface area contributed by atoms with Gasteiger partial charge in [-0.3, -0.25) is 14.2 Å². The van der Waals surface area contributed by atoms with Gasteiger partial charge in [0, 0.05) is 7.05 Å².